The van der Waals surface area contributed by atoms with Gasteiger partial charge in [-0.15, -0.1) is 0 Å². The van der Waals surface area contributed by atoms with E-state index < -0.39 is 16.1 Å². The molecule has 0 saturated heterocycles. The summed E-state index contributed by atoms with van der Waals surface area (Å²) < 4.78 is 29.1. The lowest BCUT2D eigenvalue weighted by atomic mass is 10.1. The van der Waals surface area contributed by atoms with Gasteiger partial charge in [0.15, 0.2) is 5.65 Å². The van der Waals surface area contributed by atoms with Gasteiger partial charge in [0.05, 0.1) is 4.90 Å². The topological polar surface area (TPSA) is 132 Å². The van der Waals surface area contributed by atoms with E-state index in [0.29, 0.717) is 18.9 Å². The lowest BCUT2D eigenvalue weighted by Gasteiger charge is -2.11. The molecule has 2 amide bonds. The molecular formula is C28H32N6O3S. The molecule has 2 heterocycles. The van der Waals surface area contributed by atoms with E-state index in [0.717, 1.165) is 51.5 Å². The van der Waals surface area contributed by atoms with Crippen LogP contribution in [0.4, 0.5) is 4.79 Å². The monoisotopic (exact) mass is 532 g/mol. The van der Waals surface area contributed by atoms with Crippen molar-refractivity contribution in [3.05, 3.63) is 82.8 Å². The molecule has 0 spiro atoms. The SMILES string of the molecule is Cc1cc(C)c2nc(CC3CC3)n(-c3ccc(CCNC(=O)NS(=O)(=O)c4ccc(CN)cc4)cc3)c2n1. The number of benzene rings is 2. The second-order valence-electron chi connectivity index (χ2n) is 9.89. The molecule has 9 nitrogen and oxygen atoms in total. The number of nitrogens with two attached hydrogens (primary N) is 1. The molecule has 1 fully saturated rings. The number of imidazole rings is 1. The fraction of sp³-hybridized carbons (Fsp3) is 0.321. The van der Waals surface area contributed by atoms with Crippen molar-refractivity contribution in [3.8, 4) is 5.69 Å². The quantitative estimate of drug-likeness (QED) is 0.301. The predicted octanol–water partition coefficient (Wildman–Crippen LogP) is 3.68. The molecule has 0 bridgehead atoms. The van der Waals surface area contributed by atoms with Crippen molar-refractivity contribution < 1.29 is 13.2 Å². The molecule has 5 rings (SSSR count). The summed E-state index contributed by atoms with van der Waals surface area (Å²) in [5.74, 6) is 1.73. The minimum atomic E-state index is -3.96. The maximum atomic E-state index is 12.4. The first-order chi connectivity index (χ1) is 18.2. The third-order valence-corrected chi connectivity index (χ3v) is 8.11. The summed E-state index contributed by atoms with van der Waals surface area (Å²) in [4.78, 5) is 22.0. The number of aryl methyl sites for hydroxylation is 2. The number of fused-ring (bicyclic) bond motifs is 1. The Morgan fingerprint density at radius 1 is 1.03 bits per heavy atom. The van der Waals surface area contributed by atoms with E-state index in [2.05, 4.69) is 27.6 Å². The van der Waals surface area contributed by atoms with E-state index in [-0.39, 0.29) is 11.4 Å². The molecule has 1 aliphatic carbocycles. The molecule has 4 N–H and O–H groups in total. The fourth-order valence-electron chi connectivity index (χ4n) is 4.55. The van der Waals surface area contributed by atoms with Crippen LogP contribution in [0.5, 0.6) is 0 Å². The highest BCUT2D eigenvalue weighted by Gasteiger charge is 2.26. The minimum absolute atomic E-state index is 0.00777. The summed E-state index contributed by atoms with van der Waals surface area (Å²) >= 11 is 0. The van der Waals surface area contributed by atoms with Gasteiger partial charge in [0, 0.05) is 30.9 Å². The molecule has 0 radical (unpaired) electrons. The third-order valence-electron chi connectivity index (χ3n) is 6.76. The van der Waals surface area contributed by atoms with Gasteiger partial charge in [-0.05, 0) is 86.1 Å². The number of urea groups is 1. The molecule has 1 saturated carbocycles. The number of aromatic nitrogens is 3. The van der Waals surface area contributed by atoms with Crippen LogP contribution >= 0.6 is 0 Å². The minimum Gasteiger partial charge on any atom is -0.337 e. The second kappa shape index (κ2) is 10.5. The van der Waals surface area contributed by atoms with Crippen molar-refractivity contribution in [2.24, 2.45) is 11.7 Å². The highest BCUT2D eigenvalue weighted by atomic mass is 32.2. The molecule has 38 heavy (non-hydrogen) atoms. The molecule has 4 aromatic rings. The number of carbonyl (C=O) groups is 1. The van der Waals surface area contributed by atoms with Crippen molar-refractivity contribution in [1.29, 1.82) is 0 Å². The van der Waals surface area contributed by atoms with Gasteiger partial charge in [0.1, 0.15) is 11.3 Å². The van der Waals surface area contributed by atoms with Crippen molar-refractivity contribution >= 4 is 27.2 Å². The van der Waals surface area contributed by atoms with E-state index in [1.165, 1.54) is 25.0 Å². The van der Waals surface area contributed by atoms with Gasteiger partial charge in [-0.2, -0.15) is 0 Å². The smallest absolute Gasteiger partial charge is 0.328 e. The van der Waals surface area contributed by atoms with Crippen LogP contribution in [0.2, 0.25) is 0 Å². The molecule has 0 unspecified atom stereocenters. The lowest BCUT2D eigenvalue weighted by Crippen LogP contribution is -2.40. The largest absolute Gasteiger partial charge is 0.337 e. The normalized spacial score (nSPS) is 13.6. The van der Waals surface area contributed by atoms with Crippen molar-refractivity contribution in [2.75, 3.05) is 6.54 Å². The predicted molar refractivity (Wildman–Crippen MR) is 147 cm³/mol. The van der Waals surface area contributed by atoms with Crippen LogP contribution in [0.15, 0.2) is 59.5 Å². The summed E-state index contributed by atoms with van der Waals surface area (Å²) in [5.41, 5.74) is 12.3. The van der Waals surface area contributed by atoms with Gasteiger partial charge >= 0.3 is 6.03 Å². The zero-order chi connectivity index (χ0) is 26.9. The molecule has 198 valence electrons. The fourth-order valence-corrected chi connectivity index (χ4v) is 5.48. The third kappa shape index (κ3) is 5.71. The van der Waals surface area contributed by atoms with E-state index in [9.17, 15) is 13.2 Å². The van der Waals surface area contributed by atoms with Gasteiger partial charge in [-0.25, -0.2) is 27.9 Å². The van der Waals surface area contributed by atoms with Crippen LogP contribution in [0.3, 0.4) is 0 Å². The van der Waals surface area contributed by atoms with Crippen molar-refractivity contribution in [1.82, 2.24) is 24.6 Å². The maximum Gasteiger partial charge on any atom is 0.328 e. The number of hydrogen-bond donors (Lipinski definition) is 3. The zero-order valence-electron chi connectivity index (χ0n) is 21.6. The second-order valence-corrected chi connectivity index (χ2v) is 11.6. The van der Waals surface area contributed by atoms with Crippen LogP contribution in [0.25, 0.3) is 16.9 Å². The number of sulfonamides is 1. The molecule has 0 atom stereocenters. The average molecular weight is 533 g/mol. The standard InChI is InChI=1S/C28H32N6O3S/c1-18-15-19(2)31-27-26(18)32-25(16-21-3-4-21)34(27)23-9-5-20(6-10-23)13-14-30-28(35)33-38(36,37)24-11-7-22(17-29)8-12-24/h5-12,15,21H,3-4,13-14,16-17,29H2,1-2H3,(H2,30,33,35). The molecule has 2 aromatic carbocycles. The zero-order valence-corrected chi connectivity index (χ0v) is 22.4. The van der Waals surface area contributed by atoms with Gasteiger partial charge in [0.25, 0.3) is 10.0 Å². The van der Waals surface area contributed by atoms with Crippen LogP contribution in [-0.2, 0) is 29.4 Å². The van der Waals surface area contributed by atoms with Crippen molar-refractivity contribution in [2.45, 2.75) is 51.0 Å². The summed E-state index contributed by atoms with van der Waals surface area (Å²) in [6.07, 6.45) is 3.98. The van der Waals surface area contributed by atoms with E-state index in [1.54, 1.807) is 12.1 Å². The van der Waals surface area contributed by atoms with Gasteiger partial charge in [-0.3, -0.25) is 4.57 Å². The number of pyridine rings is 1. The highest BCUT2D eigenvalue weighted by molar-refractivity contribution is 7.90. The number of nitrogens with one attached hydrogen (secondary N) is 2. The van der Waals surface area contributed by atoms with Gasteiger partial charge in [-0.1, -0.05) is 24.3 Å². The Hall–Kier alpha value is -3.76. The van der Waals surface area contributed by atoms with Crippen LogP contribution in [0.1, 0.15) is 41.1 Å². The Labute approximate surface area is 222 Å². The first kappa shape index (κ1) is 25.9. The number of rotatable bonds is 9. The van der Waals surface area contributed by atoms with E-state index in [1.807, 2.05) is 31.2 Å². The first-order valence-electron chi connectivity index (χ1n) is 12.8. The Bertz CT molecular complexity index is 1570. The molecule has 2 aromatic heterocycles. The van der Waals surface area contributed by atoms with Crippen LogP contribution in [-0.4, -0.2) is 35.5 Å². The summed E-state index contributed by atoms with van der Waals surface area (Å²) in [6.45, 7) is 4.67. The molecular weight excluding hydrogens is 500 g/mol. The maximum absolute atomic E-state index is 12.4. The Balaban J connectivity index is 1.24. The first-order valence-corrected chi connectivity index (χ1v) is 14.3. The van der Waals surface area contributed by atoms with Gasteiger partial charge < -0.3 is 11.1 Å². The highest BCUT2D eigenvalue weighted by Crippen LogP contribution is 2.34. The number of nitrogens with zero attached hydrogens (tertiary/aromatic N) is 3. The summed E-state index contributed by atoms with van der Waals surface area (Å²) in [6, 6.07) is 15.5. The van der Waals surface area contributed by atoms with Crippen LogP contribution in [0, 0.1) is 19.8 Å². The Morgan fingerprint density at radius 3 is 2.37 bits per heavy atom. The molecule has 1 aliphatic rings. The number of amides is 2. The number of carbonyl (C=O) groups excluding carboxylic acids is 1. The Morgan fingerprint density at radius 2 is 1.71 bits per heavy atom. The van der Waals surface area contributed by atoms with E-state index >= 15 is 0 Å². The Kier molecular flexibility index (Phi) is 7.18. The van der Waals surface area contributed by atoms with Crippen molar-refractivity contribution in [3.63, 3.8) is 0 Å². The number of hydrogen-bond acceptors (Lipinski definition) is 6. The summed E-state index contributed by atoms with van der Waals surface area (Å²) in [5, 5.41) is 2.62. The van der Waals surface area contributed by atoms with E-state index in [4.69, 9.17) is 15.7 Å². The molecule has 0 aliphatic heterocycles. The van der Waals surface area contributed by atoms with Crippen LogP contribution < -0.4 is 15.8 Å². The molecule has 10 heteroatoms. The lowest BCUT2D eigenvalue weighted by molar-refractivity contribution is 0.246. The van der Waals surface area contributed by atoms with Gasteiger partial charge in [0.2, 0.25) is 0 Å². The summed E-state index contributed by atoms with van der Waals surface area (Å²) in [7, 11) is -3.96. The average Bonchev–Trinajstić information content (AvgIpc) is 3.63.